The molecule has 1 atom stereocenters. The summed E-state index contributed by atoms with van der Waals surface area (Å²) in [5.41, 5.74) is 0.827. The zero-order valence-electron chi connectivity index (χ0n) is 14.0. The third-order valence-corrected chi connectivity index (χ3v) is 5.88. The summed E-state index contributed by atoms with van der Waals surface area (Å²) >= 11 is 0. The Kier molecular flexibility index (Phi) is 4.91. The van der Waals surface area contributed by atoms with Crippen LogP contribution in [0.5, 0.6) is 11.6 Å². The smallest absolute Gasteiger partial charge is 0.243 e. The van der Waals surface area contributed by atoms with E-state index in [9.17, 15) is 12.8 Å². The highest BCUT2D eigenvalue weighted by Gasteiger charge is 2.34. The number of sulfonamides is 1. The van der Waals surface area contributed by atoms with E-state index in [-0.39, 0.29) is 23.3 Å². The van der Waals surface area contributed by atoms with Crippen LogP contribution in [0.25, 0.3) is 0 Å². The van der Waals surface area contributed by atoms with Crippen LogP contribution in [0.1, 0.15) is 12.1 Å². The van der Waals surface area contributed by atoms with Gasteiger partial charge in [-0.25, -0.2) is 17.8 Å². The minimum atomic E-state index is -3.78. The van der Waals surface area contributed by atoms with Crippen LogP contribution < -0.4 is 9.47 Å². The Morgan fingerprint density at radius 1 is 1.28 bits per heavy atom. The first-order valence-electron chi connectivity index (χ1n) is 7.84. The largest absolute Gasteiger partial charge is 0.494 e. The number of nitrogens with zero attached hydrogens (tertiary/aromatic N) is 2. The summed E-state index contributed by atoms with van der Waals surface area (Å²) in [5, 5.41) is 0. The number of aryl methyl sites for hydroxylation is 1. The summed E-state index contributed by atoms with van der Waals surface area (Å²) in [4.78, 5) is 4.16. The zero-order chi connectivity index (χ0) is 18.0. The highest BCUT2D eigenvalue weighted by atomic mass is 32.2. The van der Waals surface area contributed by atoms with Gasteiger partial charge in [-0.05, 0) is 37.6 Å². The predicted molar refractivity (Wildman–Crippen MR) is 89.7 cm³/mol. The maximum atomic E-state index is 13.8. The monoisotopic (exact) mass is 366 g/mol. The van der Waals surface area contributed by atoms with E-state index in [1.807, 2.05) is 19.1 Å². The van der Waals surface area contributed by atoms with Crippen LogP contribution in [-0.4, -0.2) is 44.0 Å². The van der Waals surface area contributed by atoms with Gasteiger partial charge in [0.05, 0.1) is 18.6 Å². The summed E-state index contributed by atoms with van der Waals surface area (Å²) in [6.07, 6.45) is 0.264. The number of aromatic nitrogens is 1. The van der Waals surface area contributed by atoms with E-state index < -0.39 is 15.8 Å². The Hall–Kier alpha value is -2.19. The summed E-state index contributed by atoms with van der Waals surface area (Å²) in [6.45, 7) is 2.37. The summed E-state index contributed by atoms with van der Waals surface area (Å²) in [5.74, 6) is -0.230. The fourth-order valence-corrected chi connectivity index (χ4v) is 4.22. The Balaban J connectivity index is 1.73. The van der Waals surface area contributed by atoms with Crippen molar-refractivity contribution < 1.29 is 22.3 Å². The van der Waals surface area contributed by atoms with Crippen molar-refractivity contribution in [2.75, 3.05) is 20.2 Å². The lowest BCUT2D eigenvalue weighted by molar-refractivity contribution is 0.206. The van der Waals surface area contributed by atoms with Crippen molar-refractivity contribution in [2.45, 2.75) is 24.3 Å². The van der Waals surface area contributed by atoms with Crippen molar-refractivity contribution in [3.63, 3.8) is 0 Å². The van der Waals surface area contributed by atoms with E-state index in [0.717, 1.165) is 11.8 Å². The first kappa shape index (κ1) is 17.6. The average molecular weight is 366 g/mol. The Morgan fingerprint density at radius 2 is 2.08 bits per heavy atom. The molecule has 1 fully saturated rings. The molecule has 2 heterocycles. The molecule has 6 nitrogen and oxygen atoms in total. The van der Waals surface area contributed by atoms with Gasteiger partial charge in [0.1, 0.15) is 6.10 Å². The van der Waals surface area contributed by atoms with Gasteiger partial charge in [-0.2, -0.15) is 4.31 Å². The molecule has 2 aromatic rings. The van der Waals surface area contributed by atoms with Gasteiger partial charge >= 0.3 is 0 Å². The van der Waals surface area contributed by atoms with Gasteiger partial charge in [0.15, 0.2) is 11.6 Å². The highest BCUT2D eigenvalue weighted by Crippen LogP contribution is 2.26. The average Bonchev–Trinajstić information content (AvgIpc) is 3.04. The normalized spacial score (nSPS) is 18.3. The minimum Gasteiger partial charge on any atom is -0.494 e. The third-order valence-electron chi connectivity index (χ3n) is 4.02. The Labute approximate surface area is 146 Å². The molecule has 1 saturated heterocycles. The molecule has 0 radical (unpaired) electrons. The van der Waals surface area contributed by atoms with Gasteiger partial charge in [-0.15, -0.1) is 0 Å². The molecular formula is C17H19FN2O4S. The van der Waals surface area contributed by atoms with Crippen molar-refractivity contribution in [1.29, 1.82) is 0 Å². The molecule has 134 valence electrons. The van der Waals surface area contributed by atoms with Crippen LogP contribution >= 0.6 is 0 Å². The van der Waals surface area contributed by atoms with E-state index in [2.05, 4.69) is 4.98 Å². The SMILES string of the molecule is COc1ccc(S(=O)(=O)N2CCC(Oc3cccc(C)n3)C2)cc1F. The van der Waals surface area contributed by atoms with Crippen molar-refractivity contribution in [2.24, 2.45) is 0 Å². The fraction of sp³-hybridized carbons (Fsp3) is 0.353. The molecule has 3 rings (SSSR count). The lowest BCUT2D eigenvalue weighted by atomic mass is 10.3. The predicted octanol–water partition coefficient (Wildman–Crippen LogP) is 2.38. The number of benzene rings is 1. The maximum absolute atomic E-state index is 13.8. The Morgan fingerprint density at radius 3 is 2.76 bits per heavy atom. The first-order chi connectivity index (χ1) is 11.9. The van der Waals surface area contributed by atoms with Crippen LogP contribution in [0.15, 0.2) is 41.3 Å². The van der Waals surface area contributed by atoms with Gasteiger partial charge in [0.25, 0.3) is 0 Å². The first-order valence-corrected chi connectivity index (χ1v) is 9.28. The fourth-order valence-electron chi connectivity index (χ4n) is 2.72. The van der Waals surface area contributed by atoms with Gasteiger partial charge < -0.3 is 9.47 Å². The van der Waals surface area contributed by atoms with E-state index in [0.29, 0.717) is 18.8 Å². The topological polar surface area (TPSA) is 68.7 Å². The standard InChI is InChI=1S/C17H19FN2O4S/c1-12-4-3-5-17(19-12)24-13-8-9-20(11-13)25(21,22)14-6-7-16(23-2)15(18)10-14/h3-7,10,13H,8-9,11H2,1-2H3. The Bertz CT molecular complexity index is 873. The number of ether oxygens (including phenoxy) is 2. The molecule has 1 aromatic heterocycles. The summed E-state index contributed by atoms with van der Waals surface area (Å²) < 4.78 is 51.1. The molecule has 0 saturated carbocycles. The molecule has 1 aromatic carbocycles. The zero-order valence-corrected chi connectivity index (χ0v) is 14.8. The second-order valence-electron chi connectivity index (χ2n) is 5.81. The molecule has 0 aliphatic carbocycles. The van der Waals surface area contributed by atoms with Crippen LogP contribution in [0.4, 0.5) is 4.39 Å². The lowest BCUT2D eigenvalue weighted by Gasteiger charge is -2.17. The molecule has 8 heteroatoms. The van der Waals surface area contributed by atoms with Crippen LogP contribution in [0, 0.1) is 12.7 Å². The van der Waals surface area contributed by atoms with Crippen molar-refractivity contribution >= 4 is 10.0 Å². The molecule has 25 heavy (non-hydrogen) atoms. The van der Waals surface area contributed by atoms with E-state index in [1.54, 1.807) is 6.07 Å². The molecule has 0 amide bonds. The number of rotatable bonds is 5. The van der Waals surface area contributed by atoms with Gasteiger partial charge in [-0.3, -0.25) is 0 Å². The molecule has 0 spiro atoms. The highest BCUT2D eigenvalue weighted by molar-refractivity contribution is 7.89. The summed E-state index contributed by atoms with van der Waals surface area (Å²) in [6, 6.07) is 9.06. The van der Waals surface area contributed by atoms with Crippen molar-refractivity contribution in [3.05, 3.63) is 47.9 Å². The van der Waals surface area contributed by atoms with Crippen molar-refractivity contribution in [3.8, 4) is 11.6 Å². The van der Waals surface area contributed by atoms with E-state index in [1.165, 1.54) is 23.5 Å². The molecule has 1 unspecified atom stereocenters. The second-order valence-corrected chi connectivity index (χ2v) is 7.74. The molecule has 1 aliphatic heterocycles. The lowest BCUT2D eigenvalue weighted by Crippen LogP contribution is -2.31. The number of hydrogen-bond acceptors (Lipinski definition) is 5. The second kappa shape index (κ2) is 6.97. The minimum absolute atomic E-state index is 0.00658. The van der Waals surface area contributed by atoms with Crippen molar-refractivity contribution in [1.82, 2.24) is 9.29 Å². The van der Waals surface area contributed by atoms with Gasteiger partial charge in [0.2, 0.25) is 15.9 Å². The molecule has 1 aliphatic rings. The van der Waals surface area contributed by atoms with Crippen LogP contribution in [0.2, 0.25) is 0 Å². The quantitative estimate of drug-likeness (QED) is 0.813. The molecule has 0 N–H and O–H groups in total. The number of hydrogen-bond donors (Lipinski definition) is 0. The van der Waals surface area contributed by atoms with Gasteiger partial charge in [-0.1, -0.05) is 6.07 Å². The molecule has 0 bridgehead atoms. The summed E-state index contributed by atoms with van der Waals surface area (Å²) in [7, 11) is -2.45. The van der Waals surface area contributed by atoms with E-state index in [4.69, 9.17) is 9.47 Å². The number of pyridine rings is 1. The van der Waals surface area contributed by atoms with E-state index >= 15 is 0 Å². The number of methoxy groups -OCH3 is 1. The number of halogens is 1. The third kappa shape index (κ3) is 3.74. The van der Waals surface area contributed by atoms with Gasteiger partial charge in [0, 0.05) is 18.3 Å². The van der Waals surface area contributed by atoms with Crippen LogP contribution in [-0.2, 0) is 10.0 Å². The van der Waals surface area contributed by atoms with Crippen LogP contribution in [0.3, 0.4) is 0 Å². The maximum Gasteiger partial charge on any atom is 0.243 e. The molecular weight excluding hydrogens is 347 g/mol.